The minimum atomic E-state index is -0.518. The molecule has 0 bridgehead atoms. The summed E-state index contributed by atoms with van der Waals surface area (Å²) < 4.78 is 7.35. The Labute approximate surface area is 171 Å². The first-order valence-electron chi connectivity index (χ1n) is 8.91. The van der Waals surface area contributed by atoms with Crippen molar-refractivity contribution in [1.29, 1.82) is 0 Å². The van der Waals surface area contributed by atoms with E-state index in [1.54, 1.807) is 47.3 Å². The lowest BCUT2D eigenvalue weighted by molar-refractivity contribution is -0.385. The quantitative estimate of drug-likeness (QED) is 0.344. The van der Waals surface area contributed by atoms with Crippen LogP contribution in [-0.2, 0) is 13.5 Å². The van der Waals surface area contributed by atoms with E-state index in [-0.39, 0.29) is 17.2 Å². The second-order valence-corrected chi connectivity index (χ2v) is 7.05. The van der Waals surface area contributed by atoms with Gasteiger partial charge in [-0.3, -0.25) is 19.6 Å². The number of carbonyl (C=O) groups excluding carboxylic acids is 1. The van der Waals surface area contributed by atoms with Crippen LogP contribution in [0.15, 0.2) is 54.2 Å². The summed E-state index contributed by atoms with van der Waals surface area (Å²) in [4.78, 5) is 23.8. The Balaban J connectivity index is 1.67. The zero-order valence-electron chi connectivity index (χ0n) is 15.5. The average molecular weight is 410 g/mol. The van der Waals surface area contributed by atoms with Crippen LogP contribution in [0, 0.1) is 10.1 Å². The number of nitro benzene ring substituents is 1. The highest BCUT2D eigenvalue weighted by Crippen LogP contribution is 2.36. The van der Waals surface area contributed by atoms with E-state index in [4.69, 9.17) is 16.3 Å². The number of ether oxygens (including phenoxy) is 1. The van der Waals surface area contributed by atoms with Crippen molar-refractivity contribution in [2.45, 2.75) is 12.8 Å². The number of aromatic nitrogens is 2. The van der Waals surface area contributed by atoms with Crippen molar-refractivity contribution in [3.05, 3.63) is 86.2 Å². The van der Waals surface area contributed by atoms with Crippen molar-refractivity contribution in [1.82, 2.24) is 9.78 Å². The Morgan fingerprint density at radius 3 is 2.76 bits per heavy atom. The van der Waals surface area contributed by atoms with Gasteiger partial charge in [0.1, 0.15) is 5.75 Å². The van der Waals surface area contributed by atoms with Crippen molar-refractivity contribution in [3.63, 3.8) is 0 Å². The molecule has 0 fully saturated rings. The maximum absolute atomic E-state index is 12.7. The maximum Gasteiger partial charge on any atom is 0.312 e. The molecule has 1 heterocycles. The van der Waals surface area contributed by atoms with Crippen LogP contribution in [0.4, 0.5) is 5.69 Å². The number of hydrogen-bond donors (Lipinski definition) is 0. The van der Waals surface area contributed by atoms with Gasteiger partial charge in [0.05, 0.1) is 21.7 Å². The fraction of sp³-hybridized carbons (Fsp3) is 0.143. The Morgan fingerprint density at radius 2 is 2.00 bits per heavy atom. The van der Waals surface area contributed by atoms with E-state index in [1.807, 2.05) is 7.05 Å². The number of ketones is 1. The third-order valence-corrected chi connectivity index (χ3v) is 5.12. The summed E-state index contributed by atoms with van der Waals surface area (Å²) in [6.45, 7) is 0. The number of halogens is 1. The molecule has 1 aliphatic rings. The van der Waals surface area contributed by atoms with Crippen LogP contribution in [0.5, 0.6) is 11.5 Å². The summed E-state index contributed by atoms with van der Waals surface area (Å²) in [7, 11) is 1.81. The molecule has 0 spiro atoms. The second-order valence-electron chi connectivity index (χ2n) is 6.64. The summed E-state index contributed by atoms with van der Waals surface area (Å²) in [6.07, 6.45) is 4.49. The predicted octanol–water partition coefficient (Wildman–Crippen LogP) is 4.99. The monoisotopic (exact) mass is 409 g/mol. The molecule has 1 aliphatic carbocycles. The standard InChI is InChI=1S/C21H16ClN3O4/c1-24-17-8-7-14(21(26)15(17)12-23-24)10-13-6-9-20(18(11-13)25(27)28)29-19-5-3-2-4-16(19)22/h2-6,9-12H,7-8H2,1H3/b14-10-. The molecule has 0 N–H and O–H groups in total. The number of nitro groups is 1. The number of benzene rings is 2. The third-order valence-electron chi connectivity index (χ3n) is 4.81. The minimum Gasteiger partial charge on any atom is -0.449 e. The van der Waals surface area contributed by atoms with E-state index in [2.05, 4.69) is 5.10 Å². The van der Waals surface area contributed by atoms with Gasteiger partial charge >= 0.3 is 5.69 Å². The van der Waals surface area contributed by atoms with E-state index in [0.717, 1.165) is 5.69 Å². The minimum absolute atomic E-state index is 0.0785. The molecule has 2 aromatic carbocycles. The Morgan fingerprint density at radius 1 is 1.21 bits per heavy atom. The van der Waals surface area contributed by atoms with E-state index in [9.17, 15) is 14.9 Å². The van der Waals surface area contributed by atoms with Gasteiger partial charge in [-0.2, -0.15) is 5.10 Å². The van der Waals surface area contributed by atoms with Crippen LogP contribution in [0.25, 0.3) is 6.08 Å². The number of aryl methyl sites for hydroxylation is 1. The average Bonchev–Trinajstić information content (AvgIpc) is 3.08. The highest BCUT2D eigenvalue weighted by atomic mass is 35.5. The van der Waals surface area contributed by atoms with Crippen LogP contribution in [0.3, 0.4) is 0 Å². The number of allylic oxidation sites excluding steroid dienone is 1. The molecule has 0 unspecified atom stereocenters. The normalized spacial score (nSPS) is 14.7. The van der Waals surface area contributed by atoms with Crippen LogP contribution < -0.4 is 4.74 Å². The molecule has 7 nitrogen and oxygen atoms in total. The first-order chi connectivity index (χ1) is 13.9. The number of nitrogens with zero attached hydrogens (tertiary/aromatic N) is 3. The van der Waals surface area contributed by atoms with Gasteiger partial charge in [-0.1, -0.05) is 29.8 Å². The van der Waals surface area contributed by atoms with Crippen molar-refractivity contribution in [2.24, 2.45) is 7.05 Å². The van der Waals surface area contributed by atoms with E-state index in [0.29, 0.717) is 40.3 Å². The van der Waals surface area contributed by atoms with E-state index >= 15 is 0 Å². The van der Waals surface area contributed by atoms with Gasteiger partial charge < -0.3 is 4.74 Å². The summed E-state index contributed by atoms with van der Waals surface area (Å²) >= 11 is 6.08. The van der Waals surface area contributed by atoms with Crippen LogP contribution in [-0.4, -0.2) is 20.5 Å². The first kappa shape index (κ1) is 18.9. The molecule has 8 heteroatoms. The topological polar surface area (TPSA) is 87.3 Å². The smallest absolute Gasteiger partial charge is 0.312 e. The SMILES string of the molecule is Cn1ncc2c1CC/C(=C/c1ccc(Oc3ccccc3Cl)c([N+](=O)[O-])c1)C2=O. The molecule has 0 amide bonds. The molecular formula is C21H16ClN3O4. The molecule has 0 radical (unpaired) electrons. The highest BCUT2D eigenvalue weighted by molar-refractivity contribution is 6.32. The molecule has 4 rings (SSSR count). The summed E-state index contributed by atoms with van der Waals surface area (Å²) in [5.41, 5.74) is 2.43. The van der Waals surface area contributed by atoms with Gasteiger partial charge in [0, 0.05) is 24.4 Å². The molecule has 0 saturated heterocycles. The number of Topliss-reactive ketones (excluding diaryl/α,β-unsaturated/α-hetero) is 1. The molecule has 1 aromatic heterocycles. The number of fused-ring (bicyclic) bond motifs is 1. The third kappa shape index (κ3) is 3.64. The Kier molecular flexibility index (Phi) is 4.90. The summed E-state index contributed by atoms with van der Waals surface area (Å²) in [5.74, 6) is 0.308. The van der Waals surface area contributed by atoms with E-state index < -0.39 is 4.92 Å². The van der Waals surface area contributed by atoms with Crippen molar-refractivity contribution < 1.29 is 14.5 Å². The molecule has 0 saturated carbocycles. The number of rotatable bonds is 4. The van der Waals surface area contributed by atoms with Gasteiger partial charge in [-0.25, -0.2) is 0 Å². The summed E-state index contributed by atoms with van der Waals surface area (Å²) in [5, 5.41) is 16.1. The Hall–Kier alpha value is -3.45. The molecule has 3 aromatic rings. The lowest BCUT2D eigenvalue weighted by atomic mass is 9.90. The zero-order valence-corrected chi connectivity index (χ0v) is 16.2. The van der Waals surface area contributed by atoms with E-state index in [1.165, 1.54) is 12.1 Å². The molecule has 29 heavy (non-hydrogen) atoms. The first-order valence-corrected chi connectivity index (χ1v) is 9.29. The molecule has 146 valence electrons. The van der Waals surface area contributed by atoms with Gasteiger partial charge in [-0.05, 0) is 42.7 Å². The second kappa shape index (κ2) is 7.52. The maximum atomic E-state index is 12.7. The number of hydrogen-bond acceptors (Lipinski definition) is 5. The zero-order chi connectivity index (χ0) is 20.5. The van der Waals surface area contributed by atoms with Crippen LogP contribution in [0.2, 0.25) is 5.02 Å². The lowest BCUT2D eigenvalue weighted by Gasteiger charge is -2.14. The van der Waals surface area contributed by atoms with Crippen LogP contribution in [0.1, 0.15) is 28.0 Å². The highest BCUT2D eigenvalue weighted by Gasteiger charge is 2.25. The van der Waals surface area contributed by atoms with Crippen molar-refractivity contribution in [3.8, 4) is 11.5 Å². The summed E-state index contributed by atoms with van der Waals surface area (Å²) in [6, 6.07) is 11.3. The molecular weight excluding hydrogens is 394 g/mol. The molecule has 0 aliphatic heterocycles. The number of carbonyl (C=O) groups is 1. The number of para-hydroxylation sites is 1. The largest absolute Gasteiger partial charge is 0.449 e. The van der Waals surface area contributed by atoms with Gasteiger partial charge in [-0.15, -0.1) is 0 Å². The van der Waals surface area contributed by atoms with Gasteiger partial charge in [0.25, 0.3) is 0 Å². The lowest BCUT2D eigenvalue weighted by Crippen LogP contribution is -2.15. The molecule has 0 atom stereocenters. The van der Waals surface area contributed by atoms with Gasteiger partial charge in [0.15, 0.2) is 5.78 Å². The fourth-order valence-corrected chi connectivity index (χ4v) is 3.50. The van der Waals surface area contributed by atoms with Crippen LogP contribution >= 0.6 is 11.6 Å². The predicted molar refractivity (Wildman–Crippen MR) is 108 cm³/mol. The fourth-order valence-electron chi connectivity index (χ4n) is 3.33. The van der Waals surface area contributed by atoms with Gasteiger partial charge in [0.2, 0.25) is 5.75 Å². The van der Waals surface area contributed by atoms with Crippen molar-refractivity contribution in [2.75, 3.05) is 0 Å². The Bertz CT molecular complexity index is 1170. The van der Waals surface area contributed by atoms with Crippen molar-refractivity contribution >= 4 is 29.1 Å².